The molecule has 0 atom stereocenters. The van der Waals surface area contributed by atoms with E-state index in [0.29, 0.717) is 23.5 Å². The van der Waals surface area contributed by atoms with E-state index in [1.54, 1.807) is 13.8 Å². The molecule has 1 aliphatic rings. The second kappa shape index (κ2) is 7.66. The van der Waals surface area contributed by atoms with Crippen LogP contribution in [0.4, 0.5) is 10.8 Å². The van der Waals surface area contributed by atoms with Crippen LogP contribution >= 0.6 is 11.3 Å². The van der Waals surface area contributed by atoms with E-state index in [0.717, 1.165) is 11.3 Å². The Labute approximate surface area is 154 Å². The number of aromatic nitrogens is 2. The summed E-state index contributed by atoms with van der Waals surface area (Å²) in [4.78, 5) is 11.4. The van der Waals surface area contributed by atoms with Crippen molar-refractivity contribution in [2.45, 2.75) is 44.2 Å². The minimum absolute atomic E-state index is 0.0585. The number of benzene rings is 1. The van der Waals surface area contributed by atoms with Gasteiger partial charge in [0, 0.05) is 12.1 Å². The molecule has 0 bridgehead atoms. The lowest BCUT2D eigenvalue weighted by Gasteiger charge is -2.32. The average molecular weight is 398 g/mol. The van der Waals surface area contributed by atoms with Crippen LogP contribution in [0.5, 0.6) is 0 Å². The second-order valence-corrected chi connectivity index (χ2v) is 8.25. The minimum atomic E-state index is -3.80. The van der Waals surface area contributed by atoms with Crippen molar-refractivity contribution >= 4 is 38.1 Å². The zero-order valence-corrected chi connectivity index (χ0v) is 15.8. The molecule has 1 aliphatic heterocycles. The molecule has 0 saturated carbocycles. The summed E-state index contributed by atoms with van der Waals surface area (Å²) >= 11 is 1.12. The summed E-state index contributed by atoms with van der Waals surface area (Å²) in [6, 6.07) is 5.88. The number of nitrogens with one attached hydrogen (secondary N) is 2. The average Bonchev–Trinajstić information content (AvgIpc) is 3.00. The maximum absolute atomic E-state index is 12.4. The summed E-state index contributed by atoms with van der Waals surface area (Å²) in [5.41, 5.74) is 0.531. The van der Waals surface area contributed by atoms with Gasteiger partial charge in [0.25, 0.3) is 10.0 Å². The molecule has 1 saturated heterocycles. The first-order valence-corrected chi connectivity index (χ1v) is 10.2. The quantitative estimate of drug-likeness (QED) is 0.731. The van der Waals surface area contributed by atoms with Crippen molar-refractivity contribution in [3.8, 4) is 0 Å². The van der Waals surface area contributed by atoms with Gasteiger partial charge in [-0.05, 0) is 31.2 Å². The van der Waals surface area contributed by atoms with Crippen molar-refractivity contribution in [1.82, 2.24) is 10.2 Å². The van der Waals surface area contributed by atoms with Crippen molar-refractivity contribution in [1.29, 1.82) is 0 Å². The van der Waals surface area contributed by atoms with Gasteiger partial charge in [0.15, 0.2) is 12.6 Å². The van der Waals surface area contributed by atoms with E-state index >= 15 is 0 Å². The monoisotopic (exact) mass is 398 g/mol. The molecule has 1 aromatic heterocycles. The summed E-state index contributed by atoms with van der Waals surface area (Å²) in [6.45, 7) is 3.52. The predicted molar refractivity (Wildman–Crippen MR) is 95.2 cm³/mol. The van der Waals surface area contributed by atoms with Crippen LogP contribution in [0.2, 0.25) is 0 Å². The van der Waals surface area contributed by atoms with Crippen molar-refractivity contribution in [2.24, 2.45) is 0 Å². The maximum atomic E-state index is 12.4. The van der Waals surface area contributed by atoms with Crippen molar-refractivity contribution in [3.05, 3.63) is 29.3 Å². The van der Waals surface area contributed by atoms with E-state index in [2.05, 4.69) is 20.2 Å². The number of ether oxygens (including phenoxy) is 2. The van der Waals surface area contributed by atoms with Crippen molar-refractivity contribution in [2.75, 3.05) is 10.0 Å². The molecule has 140 valence electrons. The summed E-state index contributed by atoms with van der Waals surface area (Å²) in [5.74, 6) is -0.145. The first-order chi connectivity index (χ1) is 12.4. The lowest BCUT2D eigenvalue weighted by atomic mass is 10.3. The van der Waals surface area contributed by atoms with Crippen LogP contribution in [-0.4, -0.2) is 37.1 Å². The Bertz CT molecular complexity index is 876. The molecule has 26 heavy (non-hydrogen) atoms. The van der Waals surface area contributed by atoms with Gasteiger partial charge >= 0.3 is 0 Å². The van der Waals surface area contributed by atoms with E-state index in [1.165, 1.54) is 24.3 Å². The highest BCUT2D eigenvalue weighted by Gasteiger charge is 2.28. The molecule has 2 heterocycles. The smallest absolute Gasteiger partial charge is 0.263 e. The number of rotatable bonds is 7. The zero-order chi connectivity index (χ0) is 18.7. The van der Waals surface area contributed by atoms with E-state index < -0.39 is 10.0 Å². The SMILES string of the molecule is CCC(=O)Nc1ccc(S(=O)(=O)Nc2nnc(CC3OC(C)O3)s2)cc1. The zero-order valence-electron chi connectivity index (χ0n) is 14.1. The fourth-order valence-electron chi connectivity index (χ4n) is 2.19. The standard InChI is InChI=1S/C15H18N4O5S2/c1-3-12(20)16-10-4-6-11(7-5-10)26(21,22)19-15-18-17-13(25-15)8-14-23-9(2)24-14/h4-7,9,14H,3,8H2,1-2H3,(H,16,20)(H,18,19). The molecule has 0 radical (unpaired) electrons. The molecule has 1 amide bonds. The third-order valence-electron chi connectivity index (χ3n) is 3.49. The number of sulfonamides is 1. The van der Waals surface area contributed by atoms with Crippen LogP contribution in [0, 0.1) is 0 Å². The van der Waals surface area contributed by atoms with Gasteiger partial charge in [-0.15, -0.1) is 10.2 Å². The molecule has 1 aromatic carbocycles. The van der Waals surface area contributed by atoms with E-state index in [1.807, 2.05) is 0 Å². The fourth-order valence-corrected chi connectivity index (χ4v) is 4.18. The van der Waals surface area contributed by atoms with Gasteiger partial charge in [0.1, 0.15) is 5.01 Å². The Morgan fingerprint density at radius 1 is 1.23 bits per heavy atom. The molecule has 0 spiro atoms. The number of hydrogen-bond donors (Lipinski definition) is 2. The first-order valence-electron chi connectivity index (χ1n) is 7.92. The Morgan fingerprint density at radius 3 is 2.54 bits per heavy atom. The Morgan fingerprint density at radius 2 is 1.92 bits per heavy atom. The van der Waals surface area contributed by atoms with Gasteiger partial charge in [0.2, 0.25) is 11.0 Å². The Hall–Kier alpha value is -2.08. The van der Waals surface area contributed by atoms with Crippen LogP contribution in [-0.2, 0) is 30.7 Å². The number of carbonyl (C=O) groups excluding carboxylic acids is 1. The highest BCUT2D eigenvalue weighted by molar-refractivity contribution is 7.93. The maximum Gasteiger partial charge on any atom is 0.263 e. The van der Waals surface area contributed by atoms with Crippen LogP contribution in [0.3, 0.4) is 0 Å². The first kappa shape index (κ1) is 18.7. The van der Waals surface area contributed by atoms with Crippen molar-refractivity contribution in [3.63, 3.8) is 0 Å². The van der Waals surface area contributed by atoms with Gasteiger partial charge in [-0.1, -0.05) is 18.3 Å². The van der Waals surface area contributed by atoms with Gasteiger partial charge in [-0.25, -0.2) is 8.42 Å². The van der Waals surface area contributed by atoms with Crippen LogP contribution in [0.25, 0.3) is 0 Å². The van der Waals surface area contributed by atoms with Gasteiger partial charge < -0.3 is 14.8 Å². The van der Waals surface area contributed by atoms with Crippen molar-refractivity contribution < 1.29 is 22.7 Å². The summed E-state index contributed by atoms with van der Waals surface area (Å²) in [5, 5.41) is 11.2. The van der Waals surface area contributed by atoms with Gasteiger partial charge in [-0.3, -0.25) is 9.52 Å². The number of amides is 1. The molecule has 0 aliphatic carbocycles. The fraction of sp³-hybridized carbons (Fsp3) is 0.400. The van der Waals surface area contributed by atoms with Gasteiger partial charge in [0.05, 0.1) is 11.3 Å². The molecular formula is C15H18N4O5S2. The molecule has 2 aromatic rings. The number of anilines is 2. The van der Waals surface area contributed by atoms with E-state index in [4.69, 9.17) is 9.47 Å². The molecule has 9 nitrogen and oxygen atoms in total. The summed E-state index contributed by atoms with van der Waals surface area (Å²) in [7, 11) is -3.80. The molecule has 2 N–H and O–H groups in total. The number of carbonyl (C=O) groups is 1. The second-order valence-electron chi connectivity index (χ2n) is 5.51. The lowest BCUT2D eigenvalue weighted by molar-refractivity contribution is -0.374. The predicted octanol–water partition coefficient (Wildman–Crippen LogP) is 1.95. The molecule has 3 rings (SSSR count). The minimum Gasteiger partial charge on any atom is -0.326 e. The van der Waals surface area contributed by atoms with E-state index in [9.17, 15) is 13.2 Å². The summed E-state index contributed by atoms with van der Waals surface area (Å²) < 4.78 is 37.9. The topological polar surface area (TPSA) is 120 Å². The third kappa shape index (κ3) is 4.55. The molecular weight excluding hydrogens is 380 g/mol. The summed E-state index contributed by atoms with van der Waals surface area (Å²) in [6.07, 6.45) is 0.163. The normalized spacial score (nSPS) is 19.6. The highest BCUT2D eigenvalue weighted by atomic mass is 32.2. The highest BCUT2D eigenvalue weighted by Crippen LogP contribution is 2.25. The van der Waals surface area contributed by atoms with Crippen LogP contribution < -0.4 is 10.0 Å². The lowest BCUT2D eigenvalue weighted by Crippen LogP contribution is -2.40. The van der Waals surface area contributed by atoms with Crippen LogP contribution in [0.1, 0.15) is 25.3 Å². The molecule has 0 unspecified atom stereocenters. The van der Waals surface area contributed by atoms with E-state index in [-0.39, 0.29) is 28.5 Å². The van der Waals surface area contributed by atoms with Crippen LogP contribution in [0.15, 0.2) is 29.2 Å². The molecule has 1 fully saturated rings. The Balaban J connectivity index is 1.63. The number of nitrogens with zero attached hydrogens (tertiary/aromatic N) is 2. The molecule has 11 heteroatoms. The Kier molecular flexibility index (Phi) is 5.51. The largest absolute Gasteiger partial charge is 0.326 e. The van der Waals surface area contributed by atoms with Gasteiger partial charge in [-0.2, -0.15) is 0 Å². The third-order valence-corrected chi connectivity index (χ3v) is 5.83. The number of hydrogen-bond acceptors (Lipinski definition) is 8.